The summed E-state index contributed by atoms with van der Waals surface area (Å²) in [6.07, 6.45) is 3.52. The van der Waals surface area contributed by atoms with E-state index in [0.717, 1.165) is 36.3 Å². The number of unbranched alkanes of at least 4 members (excludes halogenated alkanes) is 1. The summed E-state index contributed by atoms with van der Waals surface area (Å²) in [6, 6.07) is 7.64. The Morgan fingerprint density at radius 1 is 1.29 bits per heavy atom. The maximum atomic E-state index is 9.88. The van der Waals surface area contributed by atoms with Gasteiger partial charge in [-0.2, -0.15) is 0 Å². The fraction of sp³-hybridized carbons (Fsp3) is 0.467. The average molecular weight is 234 g/mol. The molecule has 0 amide bonds. The summed E-state index contributed by atoms with van der Waals surface area (Å²) in [4.78, 5) is 0. The van der Waals surface area contributed by atoms with Gasteiger partial charge in [-0.05, 0) is 38.0 Å². The highest BCUT2D eigenvalue weighted by atomic mass is 16.5. The fourth-order valence-electron chi connectivity index (χ4n) is 1.51. The summed E-state index contributed by atoms with van der Waals surface area (Å²) < 4.78 is 5.57. The second kappa shape index (κ2) is 7.13. The minimum Gasteiger partial charge on any atom is -0.494 e. The monoisotopic (exact) mass is 234 g/mol. The summed E-state index contributed by atoms with van der Waals surface area (Å²) in [5, 5.41) is 9.88. The molecule has 0 radical (unpaired) electrons. The molecule has 1 rings (SSSR count). The normalized spacial score (nSPS) is 12.0. The Kier molecular flexibility index (Phi) is 5.78. The molecule has 1 N–H and O–H groups in total. The molecule has 1 aromatic rings. The molecule has 0 aliphatic heterocycles. The van der Waals surface area contributed by atoms with Crippen molar-refractivity contribution in [2.45, 2.75) is 39.7 Å². The number of hydrogen-bond donors (Lipinski definition) is 1. The first-order valence-electron chi connectivity index (χ1n) is 6.19. The van der Waals surface area contributed by atoms with E-state index in [1.165, 1.54) is 0 Å². The van der Waals surface area contributed by atoms with Crippen molar-refractivity contribution in [2.75, 3.05) is 6.61 Å². The van der Waals surface area contributed by atoms with E-state index < -0.39 is 6.10 Å². The maximum Gasteiger partial charge on any atom is 0.119 e. The van der Waals surface area contributed by atoms with Crippen LogP contribution in [0.3, 0.4) is 0 Å². The van der Waals surface area contributed by atoms with Crippen molar-refractivity contribution in [3.05, 3.63) is 41.5 Å². The van der Waals surface area contributed by atoms with Gasteiger partial charge in [0.15, 0.2) is 0 Å². The smallest absolute Gasteiger partial charge is 0.119 e. The number of benzene rings is 1. The molecule has 17 heavy (non-hydrogen) atoms. The van der Waals surface area contributed by atoms with Crippen LogP contribution in [-0.2, 0) is 0 Å². The zero-order chi connectivity index (χ0) is 12.7. The molecule has 0 aromatic heterocycles. The summed E-state index contributed by atoms with van der Waals surface area (Å²) in [6.45, 7) is 6.85. The lowest BCUT2D eigenvalue weighted by atomic mass is 10.1. The number of allylic oxidation sites excluding steroid dienone is 1. The van der Waals surface area contributed by atoms with Crippen LogP contribution < -0.4 is 4.74 Å². The van der Waals surface area contributed by atoms with Crippen molar-refractivity contribution in [1.82, 2.24) is 0 Å². The van der Waals surface area contributed by atoms with Crippen molar-refractivity contribution in [3.63, 3.8) is 0 Å². The fourth-order valence-corrected chi connectivity index (χ4v) is 1.51. The molecule has 1 unspecified atom stereocenters. The lowest BCUT2D eigenvalue weighted by Crippen LogP contribution is -1.98. The van der Waals surface area contributed by atoms with Crippen molar-refractivity contribution in [1.29, 1.82) is 0 Å². The average Bonchev–Trinajstić information content (AvgIpc) is 2.29. The Balaban J connectivity index is 2.58. The number of aliphatic hydroxyl groups excluding tert-OH is 1. The molecular formula is C15H22O2. The molecule has 0 bridgehead atoms. The van der Waals surface area contributed by atoms with E-state index in [4.69, 9.17) is 4.74 Å². The van der Waals surface area contributed by atoms with Gasteiger partial charge < -0.3 is 9.84 Å². The third-order valence-corrected chi connectivity index (χ3v) is 2.48. The van der Waals surface area contributed by atoms with Gasteiger partial charge in [0.1, 0.15) is 5.75 Å². The van der Waals surface area contributed by atoms with Gasteiger partial charge in [-0.1, -0.05) is 37.1 Å². The summed E-state index contributed by atoms with van der Waals surface area (Å²) in [7, 11) is 0. The van der Waals surface area contributed by atoms with Crippen LogP contribution in [0, 0.1) is 0 Å². The Hall–Kier alpha value is -1.28. The molecule has 1 aromatic carbocycles. The second-order valence-electron chi connectivity index (χ2n) is 4.46. The van der Waals surface area contributed by atoms with Crippen LogP contribution in [0.1, 0.15) is 45.3 Å². The molecule has 94 valence electrons. The molecule has 2 heteroatoms. The molecular weight excluding hydrogens is 212 g/mol. The van der Waals surface area contributed by atoms with Crippen molar-refractivity contribution < 1.29 is 9.84 Å². The third kappa shape index (κ3) is 5.05. The molecule has 0 fully saturated rings. The second-order valence-corrected chi connectivity index (χ2v) is 4.46. The molecule has 2 nitrogen and oxygen atoms in total. The maximum absolute atomic E-state index is 9.88. The van der Waals surface area contributed by atoms with Crippen molar-refractivity contribution in [2.24, 2.45) is 0 Å². The standard InChI is InChI=1S/C15H22O2/c1-4-5-10-17-14-8-6-13(7-9-14)15(16)11-12(2)3/h6-9,11,15-16H,4-5,10H2,1-3H3. The first-order valence-corrected chi connectivity index (χ1v) is 6.19. The highest BCUT2D eigenvalue weighted by Gasteiger charge is 2.03. The quantitative estimate of drug-likeness (QED) is 0.598. The van der Waals surface area contributed by atoms with Crippen LogP contribution in [0.5, 0.6) is 5.75 Å². The van der Waals surface area contributed by atoms with E-state index in [1.54, 1.807) is 0 Å². The number of ether oxygens (including phenoxy) is 1. The highest BCUT2D eigenvalue weighted by Crippen LogP contribution is 2.19. The third-order valence-electron chi connectivity index (χ3n) is 2.48. The van der Waals surface area contributed by atoms with Gasteiger partial charge in [0, 0.05) is 0 Å². The summed E-state index contributed by atoms with van der Waals surface area (Å²) >= 11 is 0. The van der Waals surface area contributed by atoms with E-state index in [9.17, 15) is 5.11 Å². The first-order chi connectivity index (χ1) is 8.13. The largest absolute Gasteiger partial charge is 0.494 e. The van der Waals surface area contributed by atoms with E-state index in [1.807, 2.05) is 44.2 Å². The zero-order valence-corrected chi connectivity index (χ0v) is 10.9. The number of rotatable bonds is 6. The molecule has 0 saturated heterocycles. The SMILES string of the molecule is CCCCOc1ccc(C(O)C=C(C)C)cc1. The van der Waals surface area contributed by atoms with Crippen LogP contribution in [0.15, 0.2) is 35.9 Å². The molecule has 0 aliphatic rings. The minimum atomic E-state index is -0.523. The van der Waals surface area contributed by atoms with E-state index in [2.05, 4.69) is 6.92 Å². The van der Waals surface area contributed by atoms with Gasteiger partial charge >= 0.3 is 0 Å². The van der Waals surface area contributed by atoms with Crippen LogP contribution >= 0.6 is 0 Å². The Morgan fingerprint density at radius 3 is 2.47 bits per heavy atom. The molecule has 0 spiro atoms. The minimum absolute atomic E-state index is 0.523. The van der Waals surface area contributed by atoms with Gasteiger partial charge in [0.2, 0.25) is 0 Å². The topological polar surface area (TPSA) is 29.5 Å². The summed E-state index contributed by atoms with van der Waals surface area (Å²) in [5.74, 6) is 0.867. The molecule has 0 heterocycles. The highest BCUT2D eigenvalue weighted by molar-refractivity contribution is 5.30. The van der Waals surface area contributed by atoms with Gasteiger partial charge in [0.25, 0.3) is 0 Å². The van der Waals surface area contributed by atoms with Gasteiger partial charge in [-0.25, -0.2) is 0 Å². The lowest BCUT2D eigenvalue weighted by molar-refractivity contribution is 0.227. The number of aliphatic hydroxyl groups is 1. The van der Waals surface area contributed by atoms with Crippen LogP contribution in [0.25, 0.3) is 0 Å². The predicted octanol–water partition coefficient (Wildman–Crippen LogP) is 3.87. The van der Waals surface area contributed by atoms with Crippen molar-refractivity contribution in [3.8, 4) is 5.75 Å². The van der Waals surface area contributed by atoms with E-state index >= 15 is 0 Å². The van der Waals surface area contributed by atoms with Crippen LogP contribution in [-0.4, -0.2) is 11.7 Å². The molecule has 1 atom stereocenters. The molecule has 0 aliphatic carbocycles. The van der Waals surface area contributed by atoms with Gasteiger partial charge in [0.05, 0.1) is 12.7 Å². The van der Waals surface area contributed by atoms with Crippen LogP contribution in [0.4, 0.5) is 0 Å². The lowest BCUT2D eigenvalue weighted by Gasteiger charge is -2.09. The van der Waals surface area contributed by atoms with Gasteiger partial charge in [-0.3, -0.25) is 0 Å². The van der Waals surface area contributed by atoms with Gasteiger partial charge in [-0.15, -0.1) is 0 Å². The first kappa shape index (κ1) is 13.8. The van der Waals surface area contributed by atoms with E-state index in [-0.39, 0.29) is 0 Å². The Morgan fingerprint density at radius 2 is 1.94 bits per heavy atom. The van der Waals surface area contributed by atoms with Crippen molar-refractivity contribution >= 4 is 0 Å². The van der Waals surface area contributed by atoms with Crippen LogP contribution in [0.2, 0.25) is 0 Å². The molecule has 0 saturated carbocycles. The number of hydrogen-bond acceptors (Lipinski definition) is 2. The van der Waals surface area contributed by atoms with E-state index in [0.29, 0.717) is 0 Å². The zero-order valence-electron chi connectivity index (χ0n) is 10.9. The Labute approximate surface area is 104 Å². The predicted molar refractivity (Wildman–Crippen MR) is 71.2 cm³/mol. The summed E-state index contributed by atoms with van der Waals surface area (Å²) in [5.41, 5.74) is 2.01. The Bertz CT molecular complexity index is 348.